The Balaban J connectivity index is 1.63. The van der Waals surface area contributed by atoms with E-state index < -0.39 is 23.5 Å². The van der Waals surface area contributed by atoms with E-state index >= 15 is 0 Å². The van der Waals surface area contributed by atoms with Gasteiger partial charge in [0.05, 0.1) is 0 Å². The lowest BCUT2D eigenvalue weighted by molar-refractivity contribution is -0.125. The molecule has 0 aromatic heterocycles. The molecule has 0 aliphatic carbocycles. The fourth-order valence-electron chi connectivity index (χ4n) is 5.03. The molecule has 242 valence electrons. The summed E-state index contributed by atoms with van der Waals surface area (Å²) >= 11 is 0. The van der Waals surface area contributed by atoms with E-state index in [1.54, 1.807) is 24.3 Å². The molecule has 0 heterocycles. The van der Waals surface area contributed by atoms with Crippen LogP contribution in [0.3, 0.4) is 0 Å². The Morgan fingerprint density at radius 1 is 0.614 bits per heavy atom. The fourth-order valence-corrected chi connectivity index (χ4v) is 5.03. The molecule has 0 fully saturated rings. The second kappa shape index (κ2) is 18.7. The Kier molecular flexibility index (Phi) is 15.4. The molecule has 0 unspecified atom stereocenters. The maximum Gasteiger partial charge on any atom is 0.191 e. The lowest BCUT2D eigenvalue weighted by atomic mass is 9.90. The molecule has 2 aromatic carbocycles. The van der Waals surface area contributed by atoms with Crippen LogP contribution in [0, 0.1) is 11.6 Å². The van der Waals surface area contributed by atoms with Gasteiger partial charge in [-0.1, -0.05) is 69.2 Å². The van der Waals surface area contributed by atoms with E-state index in [9.17, 15) is 18.4 Å². The largest absolute Gasteiger partial charge is 0.370 e. The maximum absolute atomic E-state index is 13.2. The molecule has 0 saturated carbocycles. The summed E-state index contributed by atoms with van der Waals surface area (Å²) in [6, 6.07) is 10.1. The standard InChI is InChI=1S/C32H48F2N8O2/c33-24-15-11-22(12-16-24)20-26(41-30(35)36)28(43)10-8-6-4-2-1-3-5-7-9-19-32(39,40)29(44)27(42-31(37)38)21-23-13-17-25(34)18-14-23/h11-18,26-27H,1-10,19-21,39-40H2,(H4,35,36,41)(H4,37,38,42)/t26-,27-/m0/s1. The van der Waals surface area contributed by atoms with Gasteiger partial charge < -0.3 is 34.4 Å². The van der Waals surface area contributed by atoms with Crippen LogP contribution in [0.4, 0.5) is 8.78 Å². The van der Waals surface area contributed by atoms with Crippen molar-refractivity contribution in [2.75, 3.05) is 0 Å². The van der Waals surface area contributed by atoms with Crippen LogP contribution in [-0.2, 0) is 22.4 Å². The number of Topliss-reactive ketones (excluding diaryl/α,β-unsaturated/α-hetero) is 2. The normalized spacial score (nSPS) is 12.7. The van der Waals surface area contributed by atoms with Crippen molar-refractivity contribution in [2.24, 2.45) is 44.4 Å². The summed E-state index contributed by atoms with van der Waals surface area (Å²) in [6.45, 7) is 0. The van der Waals surface area contributed by atoms with Crippen LogP contribution < -0.4 is 34.4 Å². The lowest BCUT2D eigenvalue weighted by Crippen LogP contribution is -2.60. The van der Waals surface area contributed by atoms with Crippen LogP contribution in [-0.4, -0.2) is 41.2 Å². The molecule has 0 aliphatic heterocycles. The summed E-state index contributed by atoms with van der Waals surface area (Å²) in [5.74, 6) is -1.60. The Labute approximate surface area is 258 Å². The molecule has 2 aromatic rings. The van der Waals surface area contributed by atoms with Gasteiger partial charge in [0.15, 0.2) is 23.5 Å². The Bertz CT molecular complexity index is 1230. The highest BCUT2D eigenvalue weighted by Crippen LogP contribution is 2.18. The number of rotatable bonds is 21. The highest BCUT2D eigenvalue weighted by atomic mass is 19.1. The summed E-state index contributed by atoms with van der Waals surface area (Å²) in [7, 11) is 0. The van der Waals surface area contributed by atoms with Gasteiger partial charge in [0.25, 0.3) is 0 Å². The molecule has 12 N–H and O–H groups in total. The first-order valence-electron chi connectivity index (χ1n) is 15.2. The number of guanidine groups is 2. The van der Waals surface area contributed by atoms with Crippen molar-refractivity contribution in [2.45, 2.75) is 101 Å². The molecular formula is C32H48F2N8O2. The van der Waals surface area contributed by atoms with E-state index in [4.69, 9.17) is 34.4 Å². The van der Waals surface area contributed by atoms with Crippen molar-refractivity contribution in [1.29, 1.82) is 0 Å². The number of carbonyl (C=O) groups excluding carboxylic acids is 2. The van der Waals surface area contributed by atoms with Crippen LogP contribution in [0.25, 0.3) is 0 Å². The monoisotopic (exact) mass is 614 g/mol. The minimum absolute atomic E-state index is 0.0304. The van der Waals surface area contributed by atoms with E-state index in [0.717, 1.165) is 56.9 Å². The first kappa shape index (κ1) is 36.3. The van der Waals surface area contributed by atoms with E-state index in [1.807, 2.05) is 0 Å². The quantitative estimate of drug-likeness (QED) is 0.0530. The van der Waals surface area contributed by atoms with E-state index in [2.05, 4.69) is 9.98 Å². The number of unbranched alkanes of at least 4 members (excludes halogenated alkanes) is 8. The summed E-state index contributed by atoms with van der Waals surface area (Å²) in [6.07, 6.45) is 9.57. The number of hydrogen-bond acceptors (Lipinski definition) is 6. The van der Waals surface area contributed by atoms with Crippen molar-refractivity contribution in [3.63, 3.8) is 0 Å². The van der Waals surface area contributed by atoms with Crippen LogP contribution in [0.5, 0.6) is 0 Å². The fraction of sp³-hybridized carbons (Fsp3) is 0.500. The van der Waals surface area contributed by atoms with Crippen molar-refractivity contribution < 1.29 is 18.4 Å². The van der Waals surface area contributed by atoms with E-state index in [0.29, 0.717) is 31.2 Å². The highest BCUT2D eigenvalue weighted by Gasteiger charge is 2.34. The summed E-state index contributed by atoms with van der Waals surface area (Å²) in [5.41, 5.74) is 34.4. The van der Waals surface area contributed by atoms with Gasteiger partial charge in [0.1, 0.15) is 29.4 Å². The van der Waals surface area contributed by atoms with Crippen molar-refractivity contribution >= 4 is 23.5 Å². The first-order valence-corrected chi connectivity index (χ1v) is 15.2. The number of halogens is 2. The van der Waals surface area contributed by atoms with Gasteiger partial charge >= 0.3 is 0 Å². The number of aliphatic imine (C=N–C) groups is 2. The SMILES string of the molecule is NC(N)=N[C@@H](Cc1ccc(F)cc1)C(=O)CCCCCCCCCCCC(N)(N)C(=O)[C@H](Cc1ccc(F)cc1)N=C(N)N. The van der Waals surface area contributed by atoms with Gasteiger partial charge in [-0.25, -0.2) is 18.8 Å². The molecule has 2 rings (SSSR count). The lowest BCUT2D eigenvalue weighted by Gasteiger charge is -2.26. The molecule has 10 nitrogen and oxygen atoms in total. The number of nitrogens with two attached hydrogens (primary N) is 6. The van der Waals surface area contributed by atoms with E-state index in [1.165, 1.54) is 24.3 Å². The molecule has 0 radical (unpaired) electrons. The predicted molar refractivity (Wildman–Crippen MR) is 171 cm³/mol. The maximum atomic E-state index is 13.2. The van der Waals surface area contributed by atoms with E-state index in [-0.39, 0.29) is 35.8 Å². The molecule has 0 bridgehead atoms. The molecule has 44 heavy (non-hydrogen) atoms. The zero-order valence-corrected chi connectivity index (χ0v) is 25.4. The summed E-state index contributed by atoms with van der Waals surface area (Å²) in [5, 5.41) is 0. The minimum atomic E-state index is -1.58. The van der Waals surface area contributed by atoms with Crippen molar-refractivity contribution in [3.8, 4) is 0 Å². The second-order valence-electron chi connectivity index (χ2n) is 11.4. The molecule has 2 atom stereocenters. The van der Waals surface area contributed by atoms with Gasteiger partial charge in [0, 0.05) is 19.3 Å². The third kappa shape index (κ3) is 14.0. The van der Waals surface area contributed by atoms with Gasteiger partial charge in [-0.3, -0.25) is 9.59 Å². The molecule has 0 spiro atoms. The average Bonchev–Trinajstić information content (AvgIpc) is 2.96. The molecule has 0 amide bonds. The Hall–Kier alpha value is -3.90. The first-order chi connectivity index (χ1) is 20.9. The highest BCUT2D eigenvalue weighted by molar-refractivity contribution is 5.94. The van der Waals surface area contributed by atoms with Crippen molar-refractivity contribution in [3.05, 3.63) is 71.3 Å². The second-order valence-corrected chi connectivity index (χ2v) is 11.4. The van der Waals surface area contributed by atoms with Crippen LogP contribution >= 0.6 is 0 Å². The smallest absolute Gasteiger partial charge is 0.191 e. The van der Waals surface area contributed by atoms with Gasteiger partial charge in [0.2, 0.25) is 0 Å². The predicted octanol–water partition coefficient (Wildman–Crippen LogP) is 3.08. The molecule has 0 saturated heterocycles. The van der Waals surface area contributed by atoms with Gasteiger partial charge in [-0.15, -0.1) is 0 Å². The third-order valence-corrected chi connectivity index (χ3v) is 7.44. The minimum Gasteiger partial charge on any atom is -0.370 e. The third-order valence-electron chi connectivity index (χ3n) is 7.44. The molecule has 12 heteroatoms. The summed E-state index contributed by atoms with van der Waals surface area (Å²) in [4.78, 5) is 33.9. The number of hydrogen-bond donors (Lipinski definition) is 6. The zero-order chi connectivity index (χ0) is 32.5. The molecular weight excluding hydrogens is 566 g/mol. The number of nitrogens with zero attached hydrogens (tertiary/aromatic N) is 2. The zero-order valence-electron chi connectivity index (χ0n) is 25.4. The van der Waals surface area contributed by atoms with Gasteiger partial charge in [-0.05, 0) is 54.7 Å². The average molecular weight is 615 g/mol. The van der Waals surface area contributed by atoms with Crippen molar-refractivity contribution in [1.82, 2.24) is 0 Å². The number of benzene rings is 2. The topological polar surface area (TPSA) is 215 Å². The van der Waals surface area contributed by atoms with Crippen LogP contribution in [0.1, 0.15) is 81.8 Å². The Morgan fingerprint density at radius 3 is 1.45 bits per heavy atom. The Morgan fingerprint density at radius 2 is 1.00 bits per heavy atom. The number of ketones is 2. The molecule has 0 aliphatic rings. The number of carbonyl (C=O) groups is 2. The van der Waals surface area contributed by atoms with Crippen LogP contribution in [0.15, 0.2) is 58.5 Å². The summed E-state index contributed by atoms with van der Waals surface area (Å²) < 4.78 is 26.4. The van der Waals surface area contributed by atoms with Crippen LogP contribution in [0.2, 0.25) is 0 Å². The van der Waals surface area contributed by atoms with Gasteiger partial charge in [-0.2, -0.15) is 0 Å².